The van der Waals surface area contributed by atoms with Gasteiger partial charge in [0.25, 0.3) is 5.91 Å². The number of β-amino-alcohol motifs (C(OH)–C–C–N with tert-alkyl or cyclic N) is 1. The Hall–Kier alpha value is -1.26. The van der Waals surface area contributed by atoms with Gasteiger partial charge in [0, 0.05) is 18.1 Å². The highest BCUT2D eigenvalue weighted by Crippen LogP contribution is 2.23. The molecule has 0 aromatic heterocycles. The van der Waals surface area contributed by atoms with Crippen molar-refractivity contribution in [1.82, 2.24) is 4.90 Å². The average Bonchev–Trinajstić information content (AvgIpc) is 2.27. The first-order valence-corrected chi connectivity index (χ1v) is 6.18. The molecule has 0 saturated carbocycles. The fourth-order valence-electron chi connectivity index (χ4n) is 1.84. The molecule has 1 aliphatic heterocycles. The van der Waals surface area contributed by atoms with Gasteiger partial charge < -0.3 is 14.7 Å². The molecule has 1 saturated heterocycles. The predicted molar refractivity (Wildman–Crippen MR) is 68.7 cm³/mol. The van der Waals surface area contributed by atoms with Crippen LogP contribution in [0.25, 0.3) is 0 Å². The number of carbonyl (C=O) groups is 1. The van der Waals surface area contributed by atoms with E-state index in [0.29, 0.717) is 23.9 Å². The number of halogens is 1. The van der Waals surface area contributed by atoms with Crippen LogP contribution in [-0.4, -0.2) is 40.7 Å². The fourth-order valence-corrected chi connectivity index (χ4v) is 1.97. The van der Waals surface area contributed by atoms with Crippen molar-refractivity contribution in [3.05, 3.63) is 29.3 Å². The van der Waals surface area contributed by atoms with Crippen LogP contribution in [0.1, 0.15) is 13.8 Å². The third kappa shape index (κ3) is 2.76. The number of aliphatic hydroxyl groups is 1. The second-order valence-corrected chi connectivity index (χ2v) is 5.37. The van der Waals surface area contributed by atoms with Crippen molar-refractivity contribution in [3.63, 3.8) is 0 Å². The van der Waals surface area contributed by atoms with Crippen molar-refractivity contribution in [2.75, 3.05) is 13.1 Å². The van der Waals surface area contributed by atoms with E-state index in [-0.39, 0.29) is 5.91 Å². The van der Waals surface area contributed by atoms with Crippen molar-refractivity contribution in [3.8, 4) is 5.75 Å². The van der Waals surface area contributed by atoms with E-state index in [9.17, 15) is 9.90 Å². The molecule has 1 N–H and O–H groups in total. The van der Waals surface area contributed by atoms with Crippen LogP contribution in [0.15, 0.2) is 24.3 Å². The van der Waals surface area contributed by atoms with Crippen LogP contribution in [0.5, 0.6) is 5.75 Å². The molecule has 1 aromatic carbocycles. The fraction of sp³-hybridized carbons (Fsp3) is 0.462. The van der Waals surface area contributed by atoms with E-state index in [2.05, 4.69) is 0 Å². The zero-order valence-corrected chi connectivity index (χ0v) is 11.1. The van der Waals surface area contributed by atoms with E-state index >= 15 is 0 Å². The quantitative estimate of drug-likeness (QED) is 0.909. The molecule has 4 nitrogen and oxygen atoms in total. The lowest BCUT2D eigenvalue weighted by molar-refractivity contribution is -0.155. The molecule has 18 heavy (non-hydrogen) atoms. The van der Waals surface area contributed by atoms with E-state index in [1.807, 2.05) is 0 Å². The summed E-state index contributed by atoms with van der Waals surface area (Å²) < 4.78 is 5.68. The molecule has 0 aliphatic carbocycles. The van der Waals surface area contributed by atoms with Gasteiger partial charge in [-0.1, -0.05) is 11.6 Å². The highest BCUT2D eigenvalue weighted by molar-refractivity contribution is 6.30. The van der Waals surface area contributed by atoms with Crippen LogP contribution in [0.2, 0.25) is 5.02 Å². The first-order chi connectivity index (χ1) is 8.38. The lowest BCUT2D eigenvalue weighted by atomic mass is 10.0. The second kappa shape index (κ2) is 4.78. The minimum atomic E-state index is -0.950. The largest absolute Gasteiger partial charge is 0.478 e. The van der Waals surface area contributed by atoms with Gasteiger partial charge in [-0.25, -0.2) is 0 Å². The molecule has 0 unspecified atom stereocenters. The summed E-state index contributed by atoms with van der Waals surface area (Å²) in [5.74, 6) is 0.474. The number of amides is 1. The molecule has 0 atom stereocenters. The number of rotatable bonds is 3. The molecule has 1 heterocycles. The molecule has 98 valence electrons. The van der Waals surface area contributed by atoms with E-state index in [1.165, 1.54) is 0 Å². The van der Waals surface area contributed by atoms with Crippen LogP contribution >= 0.6 is 11.6 Å². The van der Waals surface area contributed by atoms with Crippen LogP contribution < -0.4 is 4.74 Å². The molecule has 1 aromatic rings. The molecule has 2 rings (SSSR count). The van der Waals surface area contributed by atoms with Crippen LogP contribution in [-0.2, 0) is 4.79 Å². The standard InChI is InChI=1S/C13H16ClNO3/c1-13(2,12(17)15-7-10(16)8-15)18-11-5-3-9(14)4-6-11/h3-6,10,16H,7-8H2,1-2H3. The van der Waals surface area contributed by atoms with Gasteiger partial charge in [0.05, 0.1) is 6.10 Å². The van der Waals surface area contributed by atoms with Crippen molar-refractivity contribution < 1.29 is 14.6 Å². The Balaban J connectivity index is 2.02. The van der Waals surface area contributed by atoms with E-state index in [0.717, 1.165) is 0 Å². The first-order valence-electron chi connectivity index (χ1n) is 5.80. The summed E-state index contributed by atoms with van der Waals surface area (Å²) in [4.78, 5) is 13.7. The molecule has 1 aliphatic rings. The van der Waals surface area contributed by atoms with E-state index in [1.54, 1.807) is 43.0 Å². The Morgan fingerprint density at radius 3 is 2.44 bits per heavy atom. The molecule has 5 heteroatoms. The zero-order valence-electron chi connectivity index (χ0n) is 10.4. The summed E-state index contributed by atoms with van der Waals surface area (Å²) in [5.41, 5.74) is -0.950. The monoisotopic (exact) mass is 269 g/mol. The van der Waals surface area contributed by atoms with Gasteiger partial charge in [-0.05, 0) is 38.1 Å². The number of carbonyl (C=O) groups excluding carboxylic acids is 1. The number of hydrogen-bond acceptors (Lipinski definition) is 3. The third-order valence-corrected chi connectivity index (χ3v) is 3.10. The number of benzene rings is 1. The van der Waals surface area contributed by atoms with Crippen molar-refractivity contribution in [2.45, 2.75) is 25.6 Å². The van der Waals surface area contributed by atoms with Crippen molar-refractivity contribution >= 4 is 17.5 Å². The summed E-state index contributed by atoms with van der Waals surface area (Å²) in [5, 5.41) is 9.83. The minimum absolute atomic E-state index is 0.122. The average molecular weight is 270 g/mol. The molecule has 0 bridgehead atoms. The summed E-state index contributed by atoms with van der Waals surface area (Å²) >= 11 is 5.79. The zero-order chi connectivity index (χ0) is 13.3. The topological polar surface area (TPSA) is 49.8 Å². The second-order valence-electron chi connectivity index (χ2n) is 4.93. The van der Waals surface area contributed by atoms with E-state index in [4.69, 9.17) is 16.3 Å². The smallest absolute Gasteiger partial charge is 0.266 e. The molecule has 1 amide bonds. The number of hydrogen-bond donors (Lipinski definition) is 1. The Bertz CT molecular complexity index is 438. The summed E-state index contributed by atoms with van der Waals surface area (Å²) in [7, 11) is 0. The van der Waals surface area contributed by atoms with Crippen molar-refractivity contribution in [1.29, 1.82) is 0 Å². The number of nitrogens with zero attached hydrogens (tertiary/aromatic N) is 1. The molecular weight excluding hydrogens is 254 g/mol. The number of ether oxygens (including phenoxy) is 1. The highest BCUT2D eigenvalue weighted by atomic mass is 35.5. The molecule has 0 spiro atoms. The lowest BCUT2D eigenvalue weighted by Crippen LogP contribution is -2.60. The van der Waals surface area contributed by atoms with Gasteiger partial charge in [0.1, 0.15) is 5.75 Å². The minimum Gasteiger partial charge on any atom is -0.478 e. The van der Waals surface area contributed by atoms with Crippen LogP contribution in [0, 0.1) is 0 Å². The maximum atomic E-state index is 12.1. The maximum Gasteiger partial charge on any atom is 0.266 e. The van der Waals surface area contributed by atoms with Gasteiger partial charge in [0.15, 0.2) is 5.60 Å². The first kappa shape index (κ1) is 13.2. The highest BCUT2D eigenvalue weighted by Gasteiger charge is 2.39. The molecule has 1 fully saturated rings. The maximum absolute atomic E-state index is 12.1. The Morgan fingerprint density at radius 1 is 1.39 bits per heavy atom. The Morgan fingerprint density at radius 2 is 1.94 bits per heavy atom. The summed E-state index contributed by atoms with van der Waals surface area (Å²) in [6.07, 6.45) is -0.403. The number of aliphatic hydroxyl groups excluding tert-OH is 1. The predicted octanol–water partition coefficient (Wildman–Crippen LogP) is 1.70. The summed E-state index contributed by atoms with van der Waals surface area (Å²) in [6, 6.07) is 6.88. The number of likely N-dealkylation sites (tertiary alicyclic amines) is 1. The SMILES string of the molecule is CC(C)(Oc1ccc(Cl)cc1)C(=O)N1CC(O)C1. The van der Waals surface area contributed by atoms with Gasteiger partial charge in [0.2, 0.25) is 0 Å². The molecular formula is C13H16ClNO3. The molecule has 0 radical (unpaired) electrons. The van der Waals surface area contributed by atoms with Gasteiger partial charge >= 0.3 is 0 Å². The Labute approximate surface area is 111 Å². The lowest BCUT2D eigenvalue weighted by Gasteiger charge is -2.40. The van der Waals surface area contributed by atoms with Gasteiger partial charge in [-0.15, -0.1) is 0 Å². The van der Waals surface area contributed by atoms with E-state index < -0.39 is 11.7 Å². The Kier molecular flexibility index (Phi) is 3.50. The van der Waals surface area contributed by atoms with Gasteiger partial charge in [-0.3, -0.25) is 4.79 Å². The third-order valence-electron chi connectivity index (χ3n) is 2.85. The van der Waals surface area contributed by atoms with Crippen LogP contribution in [0.4, 0.5) is 0 Å². The van der Waals surface area contributed by atoms with Crippen LogP contribution in [0.3, 0.4) is 0 Å². The normalized spacial score (nSPS) is 16.3. The summed E-state index contributed by atoms with van der Waals surface area (Å²) in [6.45, 7) is 4.20. The van der Waals surface area contributed by atoms with Gasteiger partial charge in [-0.2, -0.15) is 0 Å². The van der Waals surface area contributed by atoms with Crippen molar-refractivity contribution in [2.24, 2.45) is 0 Å².